The maximum atomic E-state index is 13.1. The summed E-state index contributed by atoms with van der Waals surface area (Å²) < 4.78 is 11.5. The summed E-state index contributed by atoms with van der Waals surface area (Å²) >= 11 is 0. The summed E-state index contributed by atoms with van der Waals surface area (Å²) in [4.78, 5) is 26.3. The van der Waals surface area contributed by atoms with Gasteiger partial charge in [-0.05, 0) is 90.0 Å². The van der Waals surface area contributed by atoms with Gasteiger partial charge in [-0.2, -0.15) is 0 Å². The van der Waals surface area contributed by atoms with E-state index in [-0.39, 0.29) is 19.0 Å². The average Bonchev–Trinajstić information content (AvgIpc) is 2.94. The molecule has 0 fully saturated rings. The Labute approximate surface area is 238 Å². The number of nitrogen functional groups attached to an aromatic ring is 1. The van der Waals surface area contributed by atoms with Gasteiger partial charge in [-0.1, -0.05) is 18.2 Å². The molecule has 3 aromatic carbocycles. The molecule has 0 saturated carbocycles. The number of nitrogens with zero attached hydrogens (tertiary/aromatic N) is 3. The third kappa shape index (κ3) is 4.95. The highest BCUT2D eigenvalue weighted by molar-refractivity contribution is 6.10. The summed E-state index contributed by atoms with van der Waals surface area (Å²) in [6.45, 7) is 7.87. The molecule has 208 valence electrons. The molecule has 2 aromatic heterocycles. The Kier molecular flexibility index (Phi) is 6.58. The van der Waals surface area contributed by atoms with Crippen molar-refractivity contribution in [2.45, 2.75) is 46.1 Å². The molecule has 3 N–H and O–H groups in total. The predicted molar refractivity (Wildman–Crippen MR) is 160 cm³/mol. The van der Waals surface area contributed by atoms with Gasteiger partial charge in [0.25, 0.3) is 0 Å². The number of ether oxygens (including phenoxy) is 2. The summed E-state index contributed by atoms with van der Waals surface area (Å²) in [6, 6.07) is 12.3. The number of benzene rings is 3. The first kappa shape index (κ1) is 26.7. The number of anilines is 1. The number of esters is 1. The van der Waals surface area contributed by atoms with Gasteiger partial charge in [0, 0.05) is 41.5 Å². The van der Waals surface area contributed by atoms with Crippen LogP contribution in [0.3, 0.4) is 0 Å². The van der Waals surface area contributed by atoms with Crippen LogP contribution in [0.1, 0.15) is 36.1 Å². The van der Waals surface area contributed by atoms with Crippen molar-refractivity contribution in [3.05, 3.63) is 77.2 Å². The SMILES string of the molecule is Cc1cc2c(C)c(-c3cnc(N)nc3)ccc2c(-c2ccc3c4c(ccnc24)CCO3)c1CC(=O)OCC(C)(C)O. The van der Waals surface area contributed by atoms with Crippen LogP contribution < -0.4 is 10.5 Å². The quantitative estimate of drug-likeness (QED) is 0.267. The molecule has 0 radical (unpaired) electrons. The molecule has 0 bridgehead atoms. The van der Waals surface area contributed by atoms with Crippen molar-refractivity contribution in [1.29, 1.82) is 0 Å². The van der Waals surface area contributed by atoms with Crippen LogP contribution in [0.5, 0.6) is 5.75 Å². The van der Waals surface area contributed by atoms with E-state index < -0.39 is 11.6 Å². The van der Waals surface area contributed by atoms with Crippen LogP contribution in [-0.2, 0) is 22.4 Å². The van der Waals surface area contributed by atoms with Gasteiger partial charge in [0.15, 0.2) is 0 Å². The molecule has 3 heterocycles. The molecule has 8 heteroatoms. The molecule has 1 aliphatic heterocycles. The first-order valence-corrected chi connectivity index (χ1v) is 13.7. The molecular formula is C33H32N4O4. The van der Waals surface area contributed by atoms with Crippen molar-refractivity contribution >= 4 is 33.6 Å². The standard InChI is InChI=1S/C33H32N4O4/c1-18-13-26-19(2)22(21-15-36-32(34)37-16-21)5-6-23(26)30(25(18)14-28(38)41-17-33(3,4)39)24-7-8-27-29-20(10-12-40-27)9-11-35-31(24)29/h5-9,11,13,15-16,39H,10,12,14,17H2,1-4H3,(H2,34,36,37). The molecule has 0 amide bonds. The highest BCUT2D eigenvalue weighted by Gasteiger charge is 2.24. The fraction of sp³-hybridized carbons (Fsp3) is 0.273. The summed E-state index contributed by atoms with van der Waals surface area (Å²) in [6.07, 6.45) is 6.17. The molecule has 8 nitrogen and oxygen atoms in total. The zero-order valence-electron chi connectivity index (χ0n) is 23.6. The first-order chi connectivity index (χ1) is 19.6. The molecule has 0 atom stereocenters. The lowest BCUT2D eigenvalue weighted by atomic mass is 9.84. The summed E-state index contributed by atoms with van der Waals surface area (Å²) in [7, 11) is 0. The second-order valence-electron chi connectivity index (χ2n) is 11.3. The lowest BCUT2D eigenvalue weighted by Crippen LogP contribution is -2.28. The van der Waals surface area contributed by atoms with Crippen molar-refractivity contribution < 1.29 is 19.4 Å². The number of aryl methyl sites for hydroxylation is 2. The Hall–Kier alpha value is -4.56. The van der Waals surface area contributed by atoms with Gasteiger partial charge in [-0.25, -0.2) is 9.97 Å². The number of carbonyl (C=O) groups is 1. The molecule has 0 aliphatic carbocycles. The van der Waals surface area contributed by atoms with Crippen LogP contribution in [0, 0.1) is 13.8 Å². The molecule has 41 heavy (non-hydrogen) atoms. The zero-order chi connectivity index (χ0) is 28.9. The maximum absolute atomic E-state index is 13.1. The van der Waals surface area contributed by atoms with Gasteiger partial charge in [-0.15, -0.1) is 0 Å². The van der Waals surface area contributed by atoms with Gasteiger partial charge in [0.2, 0.25) is 5.95 Å². The number of aliphatic hydroxyl groups is 1. The highest BCUT2D eigenvalue weighted by atomic mass is 16.5. The topological polar surface area (TPSA) is 120 Å². The maximum Gasteiger partial charge on any atom is 0.310 e. The molecule has 0 spiro atoms. The van der Waals surface area contributed by atoms with E-state index in [1.807, 2.05) is 31.3 Å². The minimum Gasteiger partial charge on any atom is -0.493 e. The Bertz CT molecular complexity index is 1810. The van der Waals surface area contributed by atoms with Crippen LogP contribution in [0.4, 0.5) is 5.95 Å². The summed E-state index contributed by atoms with van der Waals surface area (Å²) in [5, 5.41) is 13.2. The number of hydrogen-bond donors (Lipinski definition) is 2. The van der Waals surface area contributed by atoms with E-state index in [2.05, 4.69) is 35.1 Å². The minimum atomic E-state index is -1.11. The lowest BCUT2D eigenvalue weighted by molar-refractivity contribution is -0.149. The summed E-state index contributed by atoms with van der Waals surface area (Å²) in [5.74, 6) is 0.649. The monoisotopic (exact) mass is 548 g/mol. The van der Waals surface area contributed by atoms with Gasteiger partial charge in [0.1, 0.15) is 12.4 Å². The Morgan fingerprint density at radius 1 is 1.05 bits per heavy atom. The van der Waals surface area contributed by atoms with E-state index in [0.717, 1.165) is 72.8 Å². The average molecular weight is 549 g/mol. The zero-order valence-corrected chi connectivity index (χ0v) is 23.6. The second-order valence-corrected chi connectivity index (χ2v) is 11.3. The van der Waals surface area contributed by atoms with Crippen LogP contribution in [0.15, 0.2) is 55.0 Å². The van der Waals surface area contributed by atoms with E-state index in [1.54, 1.807) is 26.2 Å². The fourth-order valence-corrected chi connectivity index (χ4v) is 5.68. The third-order valence-corrected chi connectivity index (χ3v) is 7.65. The van der Waals surface area contributed by atoms with Crippen molar-refractivity contribution in [3.63, 3.8) is 0 Å². The number of rotatable bonds is 6. The van der Waals surface area contributed by atoms with Crippen LogP contribution in [0.25, 0.3) is 43.9 Å². The second kappa shape index (κ2) is 10.1. The third-order valence-electron chi connectivity index (χ3n) is 7.65. The normalized spacial score (nSPS) is 12.9. The van der Waals surface area contributed by atoms with E-state index in [9.17, 15) is 9.90 Å². The number of fused-ring (bicyclic) bond motifs is 1. The number of aromatic nitrogens is 3. The number of hydrogen-bond acceptors (Lipinski definition) is 8. The Balaban J connectivity index is 1.60. The van der Waals surface area contributed by atoms with Gasteiger partial charge >= 0.3 is 5.97 Å². The Morgan fingerprint density at radius 3 is 2.56 bits per heavy atom. The van der Waals surface area contributed by atoms with Crippen LogP contribution >= 0.6 is 0 Å². The van der Waals surface area contributed by atoms with Crippen molar-refractivity contribution in [2.24, 2.45) is 0 Å². The fourth-order valence-electron chi connectivity index (χ4n) is 5.68. The highest BCUT2D eigenvalue weighted by Crippen LogP contribution is 2.44. The van der Waals surface area contributed by atoms with Crippen LogP contribution in [0.2, 0.25) is 0 Å². The molecule has 0 unspecified atom stereocenters. The predicted octanol–water partition coefficient (Wildman–Crippen LogP) is 5.50. The number of carbonyl (C=O) groups excluding carboxylic acids is 1. The summed E-state index contributed by atoms with van der Waals surface area (Å²) in [5.41, 5.74) is 13.3. The van der Waals surface area contributed by atoms with Crippen molar-refractivity contribution in [1.82, 2.24) is 15.0 Å². The molecule has 5 aromatic rings. The molecule has 6 rings (SSSR count). The minimum absolute atomic E-state index is 0.0548. The lowest BCUT2D eigenvalue weighted by Gasteiger charge is -2.23. The smallest absolute Gasteiger partial charge is 0.310 e. The number of pyridine rings is 1. The first-order valence-electron chi connectivity index (χ1n) is 13.7. The van der Waals surface area contributed by atoms with Crippen molar-refractivity contribution in [2.75, 3.05) is 18.9 Å². The van der Waals surface area contributed by atoms with E-state index in [4.69, 9.17) is 20.2 Å². The molecule has 1 aliphatic rings. The van der Waals surface area contributed by atoms with Gasteiger partial charge < -0.3 is 20.3 Å². The van der Waals surface area contributed by atoms with E-state index in [0.29, 0.717) is 6.61 Å². The van der Waals surface area contributed by atoms with Gasteiger partial charge in [0.05, 0.1) is 24.1 Å². The van der Waals surface area contributed by atoms with E-state index >= 15 is 0 Å². The van der Waals surface area contributed by atoms with E-state index in [1.165, 1.54) is 5.56 Å². The number of nitrogens with two attached hydrogens (primary N) is 1. The Morgan fingerprint density at radius 2 is 1.80 bits per heavy atom. The van der Waals surface area contributed by atoms with Crippen molar-refractivity contribution in [3.8, 4) is 28.0 Å². The van der Waals surface area contributed by atoms with Gasteiger partial charge in [-0.3, -0.25) is 9.78 Å². The molecule has 0 saturated heterocycles. The van der Waals surface area contributed by atoms with Crippen LogP contribution in [-0.4, -0.2) is 44.8 Å². The largest absolute Gasteiger partial charge is 0.493 e. The molecular weight excluding hydrogens is 516 g/mol.